The van der Waals surface area contributed by atoms with E-state index in [9.17, 15) is 0 Å². The molecular formula is C54H44N2OS. The zero-order valence-electron chi connectivity index (χ0n) is 32.6. The number of hydrogen-bond acceptors (Lipinski definition) is 4. The van der Waals surface area contributed by atoms with Crippen LogP contribution in [0, 0.1) is 0 Å². The monoisotopic (exact) mass is 768 g/mol. The maximum Gasteiger partial charge on any atom is 0.135 e. The highest BCUT2D eigenvalue weighted by molar-refractivity contribution is 7.26. The van der Waals surface area contributed by atoms with Gasteiger partial charge in [0.1, 0.15) is 11.3 Å². The number of hydrogen-bond donors (Lipinski definition) is 0. The number of benzene rings is 6. The second-order valence-corrected chi connectivity index (χ2v) is 15.5. The fraction of sp³-hybridized carbons (Fsp3) is 0.0741. The molecule has 0 N–H and O–H groups in total. The molecule has 0 fully saturated rings. The summed E-state index contributed by atoms with van der Waals surface area (Å²) in [5.41, 5.74) is 12.2. The fourth-order valence-corrected chi connectivity index (χ4v) is 9.22. The Morgan fingerprint density at radius 3 is 2.16 bits per heavy atom. The smallest absolute Gasteiger partial charge is 0.135 e. The lowest BCUT2D eigenvalue weighted by Gasteiger charge is -2.29. The summed E-state index contributed by atoms with van der Waals surface area (Å²) < 4.78 is 9.05. The van der Waals surface area contributed by atoms with Gasteiger partial charge in [0.25, 0.3) is 0 Å². The highest BCUT2D eigenvalue weighted by Gasteiger charge is 2.21. The van der Waals surface area contributed by atoms with Crippen LogP contribution in [0.15, 0.2) is 211 Å². The van der Waals surface area contributed by atoms with Crippen molar-refractivity contribution in [1.29, 1.82) is 0 Å². The maximum atomic E-state index is 6.42. The van der Waals surface area contributed by atoms with Crippen LogP contribution in [-0.2, 0) is 6.54 Å². The van der Waals surface area contributed by atoms with Gasteiger partial charge in [-0.3, -0.25) is 0 Å². The van der Waals surface area contributed by atoms with Crippen molar-refractivity contribution in [2.75, 3.05) is 9.80 Å². The Labute approximate surface area is 344 Å². The molecule has 8 aromatic rings. The molecule has 0 spiro atoms. The van der Waals surface area contributed by atoms with Crippen molar-refractivity contribution in [2.45, 2.75) is 26.3 Å². The average Bonchev–Trinajstić information content (AvgIpc) is 3.84. The Kier molecular flexibility index (Phi) is 10.3. The van der Waals surface area contributed by atoms with Crippen molar-refractivity contribution >= 4 is 65.6 Å². The number of thiophene rings is 1. The van der Waals surface area contributed by atoms with Crippen LogP contribution in [0.1, 0.15) is 31.1 Å². The van der Waals surface area contributed by atoms with Crippen molar-refractivity contribution in [3.63, 3.8) is 0 Å². The molecule has 0 radical (unpaired) electrons. The van der Waals surface area contributed by atoms with Gasteiger partial charge in [-0.2, -0.15) is 0 Å². The Morgan fingerprint density at radius 2 is 1.43 bits per heavy atom. The van der Waals surface area contributed by atoms with Gasteiger partial charge in [0.05, 0.1) is 16.9 Å². The van der Waals surface area contributed by atoms with Crippen LogP contribution in [0.2, 0.25) is 0 Å². The van der Waals surface area contributed by atoms with Gasteiger partial charge in [0, 0.05) is 49.2 Å². The summed E-state index contributed by atoms with van der Waals surface area (Å²) in [5, 5.41) is 3.73. The molecule has 9 rings (SSSR count). The molecule has 1 aliphatic carbocycles. The van der Waals surface area contributed by atoms with Crippen molar-refractivity contribution in [3.8, 4) is 22.3 Å². The van der Waals surface area contributed by atoms with Crippen molar-refractivity contribution in [1.82, 2.24) is 0 Å². The van der Waals surface area contributed by atoms with E-state index >= 15 is 0 Å². The molecular weight excluding hydrogens is 725 g/mol. The van der Waals surface area contributed by atoms with Gasteiger partial charge in [-0.1, -0.05) is 141 Å². The molecule has 58 heavy (non-hydrogen) atoms. The van der Waals surface area contributed by atoms with Crippen LogP contribution in [0.4, 0.5) is 17.1 Å². The predicted octanol–water partition coefficient (Wildman–Crippen LogP) is 15.8. The topological polar surface area (TPSA) is 19.6 Å². The molecule has 0 saturated carbocycles. The third-order valence-electron chi connectivity index (χ3n) is 10.9. The number of anilines is 3. The fourth-order valence-electron chi connectivity index (χ4n) is 8.01. The Morgan fingerprint density at radius 1 is 0.741 bits per heavy atom. The molecule has 0 amide bonds. The Bertz CT molecular complexity index is 2920. The third-order valence-corrected chi connectivity index (χ3v) is 12.1. The number of furan rings is 1. The summed E-state index contributed by atoms with van der Waals surface area (Å²) in [4.78, 5) is 4.65. The lowest BCUT2D eigenvalue weighted by Crippen LogP contribution is -2.20. The van der Waals surface area contributed by atoms with Crippen LogP contribution in [-0.4, -0.2) is 0 Å². The standard InChI is InChI=1S/C54H44N2OS/c1-4-6-17-38(3)55(37-52-46(16-5-2)47-22-10-12-26-51(47)57-52)43-32-28-39(29-33-43)41-18-14-19-42(36-41)40-30-34-45(35-31-40)56(44-20-8-7-9-21-44)50-25-15-24-49-48-23-11-13-27-53(48)58-54(49)50/h4-8,10-20,22-36H,1,3,9,21,37H2,2H3/b16-5-,17-6-. The molecule has 0 saturated heterocycles. The number of fused-ring (bicyclic) bond motifs is 4. The first kappa shape index (κ1) is 36.7. The molecule has 3 nitrogen and oxygen atoms in total. The molecule has 6 aromatic carbocycles. The molecule has 0 unspecified atom stereocenters. The van der Waals surface area contributed by atoms with Gasteiger partial charge in [0.15, 0.2) is 0 Å². The SMILES string of the molecule is C=C/C=C\C(=C)N(Cc1oc2ccccc2c1/C=C\C)c1ccc(-c2cccc(-c3ccc(N(C4=CC=CCC4)c4cccc5c4sc4ccccc45)cc3)c2)cc1. The lowest BCUT2D eigenvalue weighted by atomic mass is 9.98. The molecule has 2 aromatic heterocycles. The first-order valence-electron chi connectivity index (χ1n) is 19.9. The molecule has 0 bridgehead atoms. The first-order valence-corrected chi connectivity index (χ1v) is 20.7. The normalized spacial score (nSPS) is 12.9. The largest absolute Gasteiger partial charge is 0.459 e. The average molecular weight is 769 g/mol. The molecule has 282 valence electrons. The number of nitrogens with zero attached hydrogens (tertiary/aromatic N) is 2. The van der Waals surface area contributed by atoms with Gasteiger partial charge in [-0.05, 0) is 103 Å². The van der Waals surface area contributed by atoms with E-state index in [1.165, 1.54) is 42.7 Å². The van der Waals surface area contributed by atoms with Gasteiger partial charge < -0.3 is 14.2 Å². The molecule has 2 heterocycles. The summed E-state index contributed by atoms with van der Waals surface area (Å²) in [6.45, 7) is 10.9. The lowest BCUT2D eigenvalue weighted by molar-refractivity contribution is 0.546. The Balaban J connectivity index is 1.01. The quantitative estimate of drug-likeness (QED) is 0.115. The van der Waals surface area contributed by atoms with Crippen LogP contribution >= 0.6 is 11.3 Å². The van der Waals surface area contributed by atoms with E-state index < -0.39 is 0 Å². The van der Waals surface area contributed by atoms with Crippen molar-refractivity contribution in [2.24, 2.45) is 0 Å². The van der Waals surface area contributed by atoms with Crippen LogP contribution < -0.4 is 9.80 Å². The number of rotatable bonds is 12. The molecule has 0 aliphatic heterocycles. The summed E-state index contributed by atoms with van der Waals surface area (Å²) >= 11 is 1.88. The maximum absolute atomic E-state index is 6.42. The highest BCUT2D eigenvalue weighted by atomic mass is 32.1. The Hall–Kier alpha value is -6.88. The van der Waals surface area contributed by atoms with Gasteiger partial charge in [-0.25, -0.2) is 0 Å². The first-order chi connectivity index (χ1) is 28.6. The van der Waals surface area contributed by atoms with E-state index in [0.29, 0.717) is 6.54 Å². The molecule has 1 aliphatic rings. The van der Waals surface area contributed by atoms with E-state index in [1.807, 2.05) is 42.5 Å². The van der Waals surface area contributed by atoms with Crippen molar-refractivity contribution < 1.29 is 4.42 Å². The van der Waals surface area contributed by atoms with Crippen LogP contribution in [0.3, 0.4) is 0 Å². The summed E-state index contributed by atoms with van der Waals surface area (Å²) in [7, 11) is 0. The van der Waals surface area contributed by atoms with Gasteiger partial charge >= 0.3 is 0 Å². The summed E-state index contributed by atoms with van der Waals surface area (Å²) in [6, 6.07) is 50.3. The third kappa shape index (κ3) is 7.15. The van der Waals surface area contributed by atoms with Gasteiger partial charge in [-0.15, -0.1) is 11.3 Å². The summed E-state index contributed by atoms with van der Waals surface area (Å²) in [5.74, 6) is 0.891. The minimum absolute atomic E-state index is 0.532. The number of para-hydroxylation sites is 1. The van der Waals surface area contributed by atoms with Gasteiger partial charge in [0.2, 0.25) is 0 Å². The van der Waals surface area contributed by atoms with Crippen molar-refractivity contribution in [3.05, 3.63) is 218 Å². The van der Waals surface area contributed by atoms with E-state index in [-0.39, 0.29) is 0 Å². The van der Waals surface area contributed by atoms with Crippen LogP contribution in [0.25, 0.3) is 59.5 Å². The minimum atomic E-state index is 0.532. The summed E-state index contributed by atoms with van der Waals surface area (Å²) in [6.07, 6.45) is 18.6. The molecule has 0 atom stereocenters. The predicted molar refractivity (Wildman–Crippen MR) is 251 cm³/mol. The van der Waals surface area contributed by atoms with Crippen LogP contribution in [0.5, 0.6) is 0 Å². The minimum Gasteiger partial charge on any atom is -0.459 e. The second kappa shape index (κ2) is 16.3. The zero-order chi connectivity index (χ0) is 39.4. The molecule has 4 heteroatoms. The number of allylic oxidation sites excluding steroid dienone is 8. The van der Waals surface area contributed by atoms with E-state index in [1.54, 1.807) is 6.08 Å². The van der Waals surface area contributed by atoms with E-state index in [2.05, 4.69) is 181 Å². The van der Waals surface area contributed by atoms with E-state index in [4.69, 9.17) is 4.42 Å². The zero-order valence-corrected chi connectivity index (χ0v) is 33.5. The van der Waals surface area contributed by atoms with E-state index in [0.717, 1.165) is 63.3 Å². The highest BCUT2D eigenvalue weighted by Crippen LogP contribution is 2.44. The second-order valence-electron chi connectivity index (χ2n) is 14.5.